The van der Waals surface area contributed by atoms with Crippen molar-refractivity contribution >= 4 is 21.4 Å². The SMILES string of the molecule is CCCNC(CCO)CS(=O)(=O)Cc1ccc(Cl)cc1. The van der Waals surface area contributed by atoms with Crippen LogP contribution in [0.4, 0.5) is 0 Å². The van der Waals surface area contributed by atoms with Gasteiger partial charge in [0.15, 0.2) is 9.84 Å². The van der Waals surface area contributed by atoms with Gasteiger partial charge in [0.2, 0.25) is 0 Å². The highest BCUT2D eigenvalue weighted by Gasteiger charge is 2.19. The van der Waals surface area contributed by atoms with E-state index in [0.717, 1.165) is 18.5 Å². The molecule has 0 aliphatic carbocycles. The molecule has 0 aromatic heterocycles. The minimum atomic E-state index is -3.22. The van der Waals surface area contributed by atoms with Crippen LogP contribution >= 0.6 is 11.6 Å². The van der Waals surface area contributed by atoms with Crippen LogP contribution in [0, 0.1) is 0 Å². The molecule has 1 aromatic rings. The molecule has 0 spiro atoms. The van der Waals surface area contributed by atoms with Crippen molar-refractivity contribution in [3.05, 3.63) is 34.9 Å². The first-order chi connectivity index (χ1) is 9.46. The molecule has 1 aromatic carbocycles. The van der Waals surface area contributed by atoms with Gasteiger partial charge in [0.1, 0.15) is 0 Å². The Morgan fingerprint density at radius 3 is 2.50 bits per heavy atom. The summed E-state index contributed by atoms with van der Waals surface area (Å²) in [5.74, 6) is 0.0378. The van der Waals surface area contributed by atoms with Crippen LogP contribution in [0.5, 0.6) is 0 Å². The van der Waals surface area contributed by atoms with E-state index in [2.05, 4.69) is 5.32 Å². The molecule has 2 N–H and O–H groups in total. The first kappa shape index (κ1) is 17.4. The van der Waals surface area contributed by atoms with Crippen LogP contribution in [0.1, 0.15) is 25.3 Å². The zero-order valence-electron chi connectivity index (χ0n) is 11.7. The first-order valence-corrected chi connectivity index (χ1v) is 8.96. The molecule has 6 heteroatoms. The van der Waals surface area contributed by atoms with Gasteiger partial charge < -0.3 is 10.4 Å². The molecule has 0 radical (unpaired) electrons. The second-order valence-electron chi connectivity index (χ2n) is 4.84. The van der Waals surface area contributed by atoms with E-state index in [9.17, 15) is 8.42 Å². The fraction of sp³-hybridized carbons (Fsp3) is 0.571. The van der Waals surface area contributed by atoms with Crippen LogP contribution in [0.2, 0.25) is 5.02 Å². The van der Waals surface area contributed by atoms with Gasteiger partial charge in [-0.2, -0.15) is 0 Å². The van der Waals surface area contributed by atoms with Crippen molar-refractivity contribution in [3.63, 3.8) is 0 Å². The minimum absolute atomic E-state index is 0.0000968. The van der Waals surface area contributed by atoms with Gasteiger partial charge in [0.05, 0.1) is 11.5 Å². The maximum atomic E-state index is 12.2. The van der Waals surface area contributed by atoms with Gasteiger partial charge >= 0.3 is 0 Å². The molecule has 0 fully saturated rings. The highest BCUT2D eigenvalue weighted by atomic mass is 35.5. The maximum Gasteiger partial charge on any atom is 0.155 e. The molecule has 0 heterocycles. The van der Waals surface area contributed by atoms with Crippen molar-refractivity contribution in [3.8, 4) is 0 Å². The van der Waals surface area contributed by atoms with Crippen LogP contribution in [-0.2, 0) is 15.6 Å². The van der Waals surface area contributed by atoms with E-state index in [-0.39, 0.29) is 24.2 Å². The van der Waals surface area contributed by atoms with E-state index in [4.69, 9.17) is 16.7 Å². The molecule has 1 unspecified atom stereocenters. The number of rotatable bonds is 9. The highest BCUT2D eigenvalue weighted by Crippen LogP contribution is 2.13. The molecule has 0 aliphatic heterocycles. The average Bonchev–Trinajstić information content (AvgIpc) is 2.38. The average molecular weight is 320 g/mol. The van der Waals surface area contributed by atoms with Gasteiger partial charge in [0.25, 0.3) is 0 Å². The Labute approximate surface area is 126 Å². The van der Waals surface area contributed by atoms with Gasteiger partial charge in [-0.25, -0.2) is 8.42 Å². The standard InChI is InChI=1S/C14H22ClNO3S/c1-2-8-16-14(7-9-17)11-20(18,19)10-12-3-5-13(15)6-4-12/h3-6,14,16-17H,2,7-11H2,1H3. The molecule has 114 valence electrons. The Bertz CT molecular complexity index is 488. The van der Waals surface area contributed by atoms with Gasteiger partial charge in [-0.15, -0.1) is 0 Å². The number of benzene rings is 1. The van der Waals surface area contributed by atoms with Crippen molar-refractivity contribution in [2.75, 3.05) is 18.9 Å². The predicted octanol–water partition coefficient (Wildman–Crippen LogP) is 2.01. The molecule has 0 amide bonds. The van der Waals surface area contributed by atoms with Crippen molar-refractivity contribution in [1.29, 1.82) is 0 Å². The molecule has 0 bridgehead atoms. The van der Waals surface area contributed by atoms with Gasteiger partial charge in [-0.05, 0) is 37.1 Å². The molecule has 0 aliphatic rings. The normalized spacial score (nSPS) is 13.3. The molecule has 20 heavy (non-hydrogen) atoms. The predicted molar refractivity (Wildman–Crippen MR) is 82.7 cm³/mol. The smallest absolute Gasteiger partial charge is 0.155 e. The summed E-state index contributed by atoms with van der Waals surface area (Å²) in [5, 5.41) is 12.8. The van der Waals surface area contributed by atoms with E-state index in [0.29, 0.717) is 11.4 Å². The monoisotopic (exact) mass is 319 g/mol. The minimum Gasteiger partial charge on any atom is -0.396 e. The van der Waals surface area contributed by atoms with E-state index in [1.165, 1.54) is 0 Å². The summed E-state index contributed by atoms with van der Waals surface area (Å²) in [6, 6.07) is 6.62. The Balaban J connectivity index is 2.64. The van der Waals surface area contributed by atoms with E-state index in [1.54, 1.807) is 24.3 Å². The summed E-state index contributed by atoms with van der Waals surface area (Å²) < 4.78 is 24.4. The number of sulfone groups is 1. The van der Waals surface area contributed by atoms with Crippen molar-refractivity contribution in [2.45, 2.75) is 31.6 Å². The third-order valence-corrected chi connectivity index (χ3v) is 4.85. The number of aliphatic hydroxyl groups excluding tert-OH is 1. The molecular formula is C14H22ClNO3S. The zero-order valence-corrected chi connectivity index (χ0v) is 13.3. The molecule has 0 saturated heterocycles. The fourth-order valence-corrected chi connectivity index (χ4v) is 3.79. The lowest BCUT2D eigenvalue weighted by Crippen LogP contribution is -2.37. The fourth-order valence-electron chi connectivity index (χ4n) is 1.95. The van der Waals surface area contributed by atoms with Crippen molar-refractivity contribution in [2.24, 2.45) is 0 Å². The van der Waals surface area contributed by atoms with Crippen LogP contribution in [0.3, 0.4) is 0 Å². The Kier molecular flexibility index (Phi) is 7.51. The Morgan fingerprint density at radius 2 is 1.95 bits per heavy atom. The lowest BCUT2D eigenvalue weighted by Gasteiger charge is -2.17. The van der Waals surface area contributed by atoms with Gasteiger partial charge in [0, 0.05) is 17.7 Å². The third kappa shape index (κ3) is 6.70. The topological polar surface area (TPSA) is 66.4 Å². The van der Waals surface area contributed by atoms with Gasteiger partial charge in [-0.1, -0.05) is 30.7 Å². The number of nitrogens with one attached hydrogen (secondary N) is 1. The first-order valence-electron chi connectivity index (χ1n) is 6.76. The van der Waals surface area contributed by atoms with Crippen LogP contribution in [0.25, 0.3) is 0 Å². The summed E-state index contributed by atoms with van der Waals surface area (Å²) >= 11 is 5.78. The largest absolute Gasteiger partial charge is 0.396 e. The van der Waals surface area contributed by atoms with Crippen molar-refractivity contribution < 1.29 is 13.5 Å². The number of hydrogen-bond donors (Lipinski definition) is 2. The van der Waals surface area contributed by atoms with Crippen LogP contribution in [0.15, 0.2) is 24.3 Å². The van der Waals surface area contributed by atoms with E-state index >= 15 is 0 Å². The van der Waals surface area contributed by atoms with E-state index < -0.39 is 9.84 Å². The summed E-state index contributed by atoms with van der Waals surface area (Å²) in [6.45, 7) is 2.75. The number of halogens is 1. The van der Waals surface area contributed by atoms with E-state index in [1.807, 2.05) is 6.92 Å². The molecule has 0 saturated carbocycles. The highest BCUT2D eigenvalue weighted by molar-refractivity contribution is 7.90. The lowest BCUT2D eigenvalue weighted by molar-refractivity contribution is 0.269. The third-order valence-electron chi connectivity index (χ3n) is 2.92. The summed E-state index contributed by atoms with van der Waals surface area (Å²) in [4.78, 5) is 0. The quantitative estimate of drug-likeness (QED) is 0.730. The lowest BCUT2D eigenvalue weighted by atomic mass is 10.2. The van der Waals surface area contributed by atoms with Crippen molar-refractivity contribution in [1.82, 2.24) is 5.32 Å². The Morgan fingerprint density at radius 1 is 1.30 bits per heavy atom. The van der Waals surface area contributed by atoms with Crippen LogP contribution in [-0.4, -0.2) is 38.5 Å². The number of aliphatic hydroxyl groups is 1. The summed E-state index contributed by atoms with van der Waals surface area (Å²) in [6.07, 6.45) is 1.37. The maximum absolute atomic E-state index is 12.2. The second kappa shape index (κ2) is 8.62. The molecule has 1 rings (SSSR count). The summed E-state index contributed by atoms with van der Waals surface area (Å²) in [5.41, 5.74) is 0.729. The number of hydrogen-bond acceptors (Lipinski definition) is 4. The van der Waals surface area contributed by atoms with Gasteiger partial charge in [-0.3, -0.25) is 0 Å². The second-order valence-corrected chi connectivity index (χ2v) is 7.39. The Hall–Kier alpha value is -0.620. The molecule has 1 atom stereocenters. The zero-order chi connectivity index (χ0) is 15.0. The summed E-state index contributed by atoms with van der Waals surface area (Å²) in [7, 11) is -3.22. The van der Waals surface area contributed by atoms with Crippen LogP contribution < -0.4 is 5.32 Å². The molecular weight excluding hydrogens is 298 g/mol. The molecule has 4 nitrogen and oxygen atoms in total.